The van der Waals surface area contributed by atoms with Crippen molar-refractivity contribution in [1.29, 1.82) is 0 Å². The van der Waals surface area contributed by atoms with Gasteiger partial charge in [0.25, 0.3) is 0 Å². The summed E-state index contributed by atoms with van der Waals surface area (Å²) in [6, 6.07) is 10.7. The molecule has 0 fully saturated rings. The highest BCUT2D eigenvalue weighted by molar-refractivity contribution is 7.24. The molecule has 3 aromatic rings. The van der Waals surface area contributed by atoms with Gasteiger partial charge in [-0.05, 0) is 31.2 Å². The Hall–Kier alpha value is -1.53. The van der Waals surface area contributed by atoms with Gasteiger partial charge in [0.15, 0.2) is 5.43 Å². The van der Waals surface area contributed by atoms with Gasteiger partial charge in [0.05, 0.1) is 16.6 Å². The molecule has 0 radical (unpaired) electrons. The summed E-state index contributed by atoms with van der Waals surface area (Å²) < 4.78 is 7.22. The lowest BCUT2D eigenvalue weighted by Gasteiger charge is -2.10. The number of aromatic hydroxyl groups is 1. The molecule has 4 nitrogen and oxygen atoms in total. The molecule has 0 saturated carbocycles. The second-order valence-corrected chi connectivity index (χ2v) is 6.10. The number of quaternary nitrogens is 1. The molecule has 7 heteroatoms. The number of nitrogens with two attached hydrogens (primary N) is 1. The van der Waals surface area contributed by atoms with Crippen molar-refractivity contribution in [2.45, 2.75) is 6.92 Å². The van der Waals surface area contributed by atoms with Crippen LogP contribution in [0.25, 0.3) is 20.2 Å². The first-order valence-electron chi connectivity index (χ1n) is 7.34. The molecule has 130 valence electrons. The zero-order valence-electron chi connectivity index (χ0n) is 13.1. The third-order valence-corrected chi connectivity index (χ3v) is 4.73. The Morgan fingerprint density at radius 1 is 1.17 bits per heavy atom. The molecule has 0 spiro atoms. The van der Waals surface area contributed by atoms with Crippen molar-refractivity contribution in [2.75, 3.05) is 19.7 Å². The maximum Gasteiger partial charge on any atom is 0.199 e. The molecule has 0 amide bonds. The van der Waals surface area contributed by atoms with Crippen molar-refractivity contribution >= 4 is 31.5 Å². The van der Waals surface area contributed by atoms with Gasteiger partial charge in [-0.15, -0.1) is 11.3 Å². The maximum atomic E-state index is 12.8. The van der Waals surface area contributed by atoms with Crippen molar-refractivity contribution in [3.05, 3.63) is 46.6 Å². The Morgan fingerprint density at radius 3 is 2.67 bits per heavy atom. The number of phenolic OH excluding ortho intramolecular Hbond substituents is 1. The molecule has 3 rings (SSSR count). The standard InChI is InChI=1S/C17H17NO3S.2ClH/c1-2-18-9-10-21-13-8-7-12(19)17-15(13)16(20)11-5-3-4-6-14(11)22-17;;/h3-8,18-19H,2,9-10H2,1H3;2*1H/p-1. The number of hydrogen-bond acceptors (Lipinski definition) is 4. The molecule has 0 aliphatic rings. The summed E-state index contributed by atoms with van der Waals surface area (Å²) in [5, 5.41) is 13.4. The second-order valence-electron chi connectivity index (χ2n) is 5.05. The minimum atomic E-state index is -0.0882. The summed E-state index contributed by atoms with van der Waals surface area (Å²) in [5.74, 6) is 0.666. The van der Waals surface area contributed by atoms with E-state index in [1.165, 1.54) is 11.3 Å². The average Bonchev–Trinajstić information content (AvgIpc) is 2.54. The molecule has 3 N–H and O–H groups in total. The van der Waals surface area contributed by atoms with Gasteiger partial charge in [0.1, 0.15) is 24.7 Å². The van der Waals surface area contributed by atoms with Crippen LogP contribution in [0.2, 0.25) is 0 Å². The van der Waals surface area contributed by atoms with Crippen LogP contribution in [-0.2, 0) is 0 Å². The number of phenols is 1. The van der Waals surface area contributed by atoms with Gasteiger partial charge < -0.3 is 40.0 Å². The quantitative estimate of drug-likeness (QED) is 0.348. The van der Waals surface area contributed by atoms with E-state index in [0.717, 1.165) is 17.8 Å². The van der Waals surface area contributed by atoms with Crippen LogP contribution in [0.1, 0.15) is 6.92 Å². The topological polar surface area (TPSA) is 63.1 Å². The Kier molecular flexibility index (Phi) is 7.76. The lowest BCUT2D eigenvalue weighted by molar-refractivity contribution is -0.652. The molecule has 1 heterocycles. The van der Waals surface area contributed by atoms with Crippen molar-refractivity contribution < 1.29 is 40.0 Å². The van der Waals surface area contributed by atoms with Gasteiger partial charge in [-0.25, -0.2) is 0 Å². The Morgan fingerprint density at radius 2 is 1.92 bits per heavy atom. The highest BCUT2D eigenvalue weighted by Gasteiger charge is 2.14. The van der Waals surface area contributed by atoms with Gasteiger partial charge in [-0.1, -0.05) is 12.1 Å². The zero-order valence-corrected chi connectivity index (χ0v) is 15.4. The van der Waals surface area contributed by atoms with E-state index >= 15 is 0 Å². The minimum Gasteiger partial charge on any atom is -1.00 e. The first-order valence-corrected chi connectivity index (χ1v) is 8.16. The summed E-state index contributed by atoms with van der Waals surface area (Å²) in [4.78, 5) is 12.8. The molecular formula is C17H18Cl2NO3S-. The molecule has 0 aliphatic carbocycles. The summed E-state index contributed by atoms with van der Waals surface area (Å²) >= 11 is 1.41. The second kappa shape index (κ2) is 9.08. The molecule has 1 aromatic heterocycles. The Labute approximate surface area is 156 Å². The molecule has 2 aromatic carbocycles. The van der Waals surface area contributed by atoms with Gasteiger partial charge in [0, 0.05) is 10.1 Å². The zero-order chi connectivity index (χ0) is 15.5. The first-order chi connectivity index (χ1) is 10.7. The van der Waals surface area contributed by atoms with E-state index in [4.69, 9.17) is 4.74 Å². The normalized spacial score (nSPS) is 10.2. The van der Waals surface area contributed by atoms with Crippen molar-refractivity contribution in [1.82, 2.24) is 0 Å². The Bertz CT molecular complexity index is 883. The maximum absolute atomic E-state index is 12.8. The molecule has 24 heavy (non-hydrogen) atoms. The van der Waals surface area contributed by atoms with Gasteiger partial charge in [0.2, 0.25) is 0 Å². The number of ether oxygens (including phenoxy) is 1. The van der Waals surface area contributed by atoms with E-state index in [1.54, 1.807) is 12.1 Å². The average molecular weight is 387 g/mol. The summed E-state index contributed by atoms with van der Waals surface area (Å²) in [6.07, 6.45) is 0. The van der Waals surface area contributed by atoms with Crippen molar-refractivity contribution in [3.63, 3.8) is 0 Å². The van der Waals surface area contributed by atoms with Crippen LogP contribution >= 0.6 is 11.3 Å². The fourth-order valence-electron chi connectivity index (χ4n) is 2.44. The fourth-order valence-corrected chi connectivity index (χ4v) is 3.54. The monoisotopic (exact) mass is 386 g/mol. The number of fused-ring (bicyclic) bond motifs is 2. The molecule has 0 bridgehead atoms. The summed E-state index contributed by atoms with van der Waals surface area (Å²) in [7, 11) is 0. The van der Waals surface area contributed by atoms with Crippen LogP contribution in [0, 0.1) is 0 Å². The van der Waals surface area contributed by atoms with Crippen molar-refractivity contribution in [2.24, 2.45) is 0 Å². The Balaban J connectivity index is 0.00000144. The van der Waals surface area contributed by atoms with Crippen LogP contribution < -0.4 is 40.3 Å². The number of hydrogen-bond donors (Lipinski definition) is 2. The lowest BCUT2D eigenvalue weighted by atomic mass is 10.1. The van der Waals surface area contributed by atoms with Gasteiger partial charge >= 0.3 is 0 Å². The smallest absolute Gasteiger partial charge is 0.199 e. The molecule has 0 saturated heterocycles. The van der Waals surface area contributed by atoms with Gasteiger partial charge in [-0.2, -0.15) is 0 Å². The molecular weight excluding hydrogens is 369 g/mol. The fraction of sp³-hybridized carbons (Fsp3) is 0.235. The minimum absolute atomic E-state index is 0. The number of rotatable bonds is 5. The predicted molar refractivity (Wildman–Crippen MR) is 90.1 cm³/mol. The van der Waals surface area contributed by atoms with Crippen LogP contribution in [0.5, 0.6) is 11.5 Å². The van der Waals surface area contributed by atoms with E-state index in [0.29, 0.717) is 27.8 Å². The third-order valence-electron chi connectivity index (χ3n) is 3.54. The van der Waals surface area contributed by atoms with E-state index in [1.807, 2.05) is 24.3 Å². The highest BCUT2D eigenvalue weighted by atomic mass is 35.5. The summed E-state index contributed by atoms with van der Waals surface area (Å²) in [6.45, 7) is 4.45. The van der Waals surface area contributed by atoms with E-state index in [9.17, 15) is 9.90 Å². The highest BCUT2D eigenvalue weighted by Crippen LogP contribution is 2.36. The SMILES string of the molecule is CC[NH2+]CCOc1ccc(O)c2sc3ccccc3c(=O)c12.[Cl-].[Cl-]. The van der Waals surface area contributed by atoms with Crippen LogP contribution in [0.3, 0.4) is 0 Å². The molecule has 0 unspecified atom stereocenters. The molecule has 0 aliphatic heterocycles. The number of likely N-dealkylation sites (N-methyl/N-ethyl adjacent to an activating group) is 1. The van der Waals surface area contributed by atoms with Crippen LogP contribution in [-0.4, -0.2) is 24.8 Å². The van der Waals surface area contributed by atoms with Gasteiger partial charge in [-0.3, -0.25) is 4.79 Å². The van der Waals surface area contributed by atoms with Crippen LogP contribution in [0.4, 0.5) is 0 Å². The first kappa shape index (κ1) is 20.5. The summed E-state index contributed by atoms with van der Waals surface area (Å²) in [5.41, 5.74) is -0.0882. The number of benzene rings is 2. The largest absolute Gasteiger partial charge is 1.00 e. The van der Waals surface area contributed by atoms with E-state index in [-0.39, 0.29) is 36.0 Å². The van der Waals surface area contributed by atoms with E-state index < -0.39 is 0 Å². The van der Waals surface area contributed by atoms with Crippen LogP contribution in [0.15, 0.2) is 41.2 Å². The third kappa shape index (κ3) is 3.92. The van der Waals surface area contributed by atoms with E-state index in [2.05, 4.69) is 12.2 Å². The van der Waals surface area contributed by atoms with Crippen molar-refractivity contribution in [3.8, 4) is 11.5 Å². The lowest BCUT2D eigenvalue weighted by Crippen LogP contribution is -3.00. The predicted octanol–water partition coefficient (Wildman–Crippen LogP) is -3.91. The number of halogens is 2. The molecule has 0 atom stereocenters.